The predicted molar refractivity (Wildman–Crippen MR) is 65.2 cm³/mol. The van der Waals surface area contributed by atoms with Gasteiger partial charge in [0, 0.05) is 5.56 Å². The highest BCUT2D eigenvalue weighted by Gasteiger charge is 2.21. The summed E-state index contributed by atoms with van der Waals surface area (Å²) in [5.74, 6) is 5.08. The number of ketones is 1. The van der Waals surface area contributed by atoms with Crippen LogP contribution in [0.25, 0.3) is 0 Å². The lowest BCUT2D eigenvalue weighted by molar-refractivity contribution is 0.0404. The van der Waals surface area contributed by atoms with Crippen LogP contribution in [0, 0.1) is 0 Å². The molecule has 2 aromatic rings. The number of nitrogens with two attached hydrogens (primary N) is 1. The maximum Gasteiger partial charge on any atom is 0.198 e. The smallest absolute Gasteiger partial charge is 0.198 e. The van der Waals surface area contributed by atoms with E-state index in [9.17, 15) is 4.79 Å². The van der Waals surface area contributed by atoms with Gasteiger partial charge in [0.25, 0.3) is 0 Å². The van der Waals surface area contributed by atoms with Gasteiger partial charge < -0.3 is 0 Å². The Morgan fingerprint density at radius 3 is 2.00 bits per heavy atom. The highest BCUT2D eigenvalue weighted by Crippen LogP contribution is 2.20. The third kappa shape index (κ3) is 2.58. The molecule has 0 aliphatic carbocycles. The molecule has 3 heteroatoms. The molecule has 0 heterocycles. The van der Waals surface area contributed by atoms with Gasteiger partial charge in [-0.2, -0.15) is 0 Å². The molecule has 2 rings (SSSR count). The molecule has 2 aromatic carbocycles. The van der Waals surface area contributed by atoms with Gasteiger partial charge in [-0.1, -0.05) is 60.7 Å². The van der Waals surface area contributed by atoms with Gasteiger partial charge in [0.1, 0.15) is 0 Å². The molecule has 0 aliphatic rings. The van der Waals surface area contributed by atoms with Crippen molar-refractivity contribution >= 4 is 5.78 Å². The van der Waals surface area contributed by atoms with Gasteiger partial charge in [-0.05, 0) is 5.56 Å². The molecule has 3 nitrogen and oxygen atoms in total. The summed E-state index contributed by atoms with van der Waals surface area (Å²) in [6, 6.07) is 18.2. The topological polar surface area (TPSA) is 52.3 Å². The summed E-state index contributed by atoms with van der Waals surface area (Å²) in [4.78, 5) is 17.0. The van der Waals surface area contributed by atoms with Gasteiger partial charge in [-0.25, -0.2) is 5.90 Å². The van der Waals surface area contributed by atoms with Crippen molar-refractivity contribution in [3.8, 4) is 0 Å². The standard InChI is InChI=1S/C14H13NO2/c15-17-14(12-9-5-2-6-10-12)13(16)11-7-3-1-4-8-11/h1-10,14H,15H2. The van der Waals surface area contributed by atoms with Crippen molar-refractivity contribution in [1.82, 2.24) is 0 Å². The zero-order valence-electron chi connectivity index (χ0n) is 9.24. The minimum absolute atomic E-state index is 0.140. The van der Waals surface area contributed by atoms with E-state index in [0.717, 1.165) is 5.56 Å². The van der Waals surface area contributed by atoms with E-state index in [1.807, 2.05) is 48.5 Å². The second-order valence-electron chi connectivity index (χ2n) is 3.66. The number of Topliss-reactive ketones (excluding diaryl/α,β-unsaturated/α-hetero) is 1. The second-order valence-corrected chi connectivity index (χ2v) is 3.66. The molecule has 0 radical (unpaired) electrons. The molecule has 0 saturated carbocycles. The lowest BCUT2D eigenvalue weighted by Gasteiger charge is -2.13. The maximum atomic E-state index is 12.2. The van der Waals surface area contributed by atoms with Gasteiger partial charge in [0.2, 0.25) is 0 Å². The summed E-state index contributed by atoms with van der Waals surface area (Å²) in [6.07, 6.45) is -0.751. The van der Waals surface area contributed by atoms with Gasteiger partial charge in [0.05, 0.1) is 0 Å². The second kappa shape index (κ2) is 5.39. The zero-order valence-corrected chi connectivity index (χ0v) is 9.24. The van der Waals surface area contributed by atoms with E-state index in [-0.39, 0.29) is 5.78 Å². The summed E-state index contributed by atoms with van der Waals surface area (Å²) in [6.45, 7) is 0. The molecular formula is C14H13NO2. The molecule has 86 valence electrons. The van der Waals surface area contributed by atoms with E-state index in [0.29, 0.717) is 5.56 Å². The van der Waals surface area contributed by atoms with E-state index >= 15 is 0 Å². The SMILES string of the molecule is NOC(C(=O)c1ccccc1)c1ccccc1. The number of hydrogen-bond acceptors (Lipinski definition) is 3. The Bertz CT molecular complexity index is 482. The molecule has 0 amide bonds. The van der Waals surface area contributed by atoms with E-state index in [4.69, 9.17) is 10.7 Å². The maximum absolute atomic E-state index is 12.2. The van der Waals surface area contributed by atoms with E-state index < -0.39 is 6.10 Å². The molecule has 0 aromatic heterocycles. The number of carbonyl (C=O) groups excluding carboxylic acids is 1. The summed E-state index contributed by atoms with van der Waals surface area (Å²) < 4.78 is 0. The van der Waals surface area contributed by atoms with Gasteiger partial charge >= 0.3 is 0 Å². The minimum atomic E-state index is -0.751. The molecule has 1 atom stereocenters. The molecule has 0 fully saturated rings. The first-order chi connectivity index (χ1) is 8.33. The first-order valence-corrected chi connectivity index (χ1v) is 5.32. The van der Waals surface area contributed by atoms with Crippen molar-refractivity contribution < 1.29 is 9.63 Å². The molecule has 17 heavy (non-hydrogen) atoms. The summed E-state index contributed by atoms with van der Waals surface area (Å²) in [7, 11) is 0. The number of hydrogen-bond donors (Lipinski definition) is 1. The van der Waals surface area contributed by atoms with Crippen molar-refractivity contribution in [2.75, 3.05) is 0 Å². The molecular weight excluding hydrogens is 214 g/mol. The van der Waals surface area contributed by atoms with Crippen molar-refractivity contribution in [1.29, 1.82) is 0 Å². The zero-order chi connectivity index (χ0) is 12.1. The Hall–Kier alpha value is -1.97. The van der Waals surface area contributed by atoms with Crippen molar-refractivity contribution in [2.24, 2.45) is 5.90 Å². The van der Waals surface area contributed by atoms with Crippen molar-refractivity contribution in [3.63, 3.8) is 0 Å². The highest BCUT2D eigenvalue weighted by atomic mass is 16.6. The fourth-order valence-electron chi connectivity index (χ4n) is 1.67. The Labute approximate surface area is 99.8 Å². The van der Waals surface area contributed by atoms with E-state index in [1.165, 1.54) is 0 Å². The van der Waals surface area contributed by atoms with Crippen LogP contribution < -0.4 is 5.90 Å². The van der Waals surface area contributed by atoms with Crippen molar-refractivity contribution in [2.45, 2.75) is 6.10 Å². The summed E-state index contributed by atoms with van der Waals surface area (Å²) in [5.41, 5.74) is 1.34. The van der Waals surface area contributed by atoms with Crippen LogP contribution in [0.2, 0.25) is 0 Å². The quantitative estimate of drug-likeness (QED) is 0.645. The summed E-state index contributed by atoms with van der Waals surface area (Å²) in [5, 5.41) is 0. The number of rotatable bonds is 4. The van der Waals surface area contributed by atoms with Crippen LogP contribution in [0.5, 0.6) is 0 Å². The average molecular weight is 227 g/mol. The largest absolute Gasteiger partial charge is 0.291 e. The van der Waals surface area contributed by atoms with E-state index in [2.05, 4.69) is 0 Å². The van der Waals surface area contributed by atoms with Crippen molar-refractivity contribution in [3.05, 3.63) is 71.8 Å². The number of benzene rings is 2. The Kier molecular flexibility index (Phi) is 3.65. The fourth-order valence-corrected chi connectivity index (χ4v) is 1.67. The lowest BCUT2D eigenvalue weighted by atomic mass is 10.0. The molecule has 0 spiro atoms. The Morgan fingerprint density at radius 2 is 1.47 bits per heavy atom. The average Bonchev–Trinajstić information content (AvgIpc) is 2.42. The van der Waals surface area contributed by atoms with Crippen LogP contribution in [-0.2, 0) is 4.84 Å². The third-order valence-electron chi connectivity index (χ3n) is 2.53. The monoisotopic (exact) mass is 227 g/mol. The van der Waals surface area contributed by atoms with Crippen LogP contribution in [0.1, 0.15) is 22.0 Å². The molecule has 0 bridgehead atoms. The number of carbonyl (C=O) groups is 1. The Balaban J connectivity index is 2.29. The fraction of sp³-hybridized carbons (Fsp3) is 0.0714. The van der Waals surface area contributed by atoms with Crippen LogP contribution in [0.15, 0.2) is 60.7 Å². The third-order valence-corrected chi connectivity index (χ3v) is 2.53. The van der Waals surface area contributed by atoms with Gasteiger partial charge in [-0.15, -0.1) is 0 Å². The molecule has 1 unspecified atom stereocenters. The molecule has 2 N–H and O–H groups in total. The predicted octanol–water partition coefficient (Wildman–Crippen LogP) is 2.50. The van der Waals surface area contributed by atoms with Gasteiger partial charge in [0.15, 0.2) is 11.9 Å². The van der Waals surface area contributed by atoms with Crippen LogP contribution in [0.4, 0.5) is 0 Å². The molecule has 0 aliphatic heterocycles. The van der Waals surface area contributed by atoms with E-state index in [1.54, 1.807) is 12.1 Å². The first-order valence-electron chi connectivity index (χ1n) is 5.32. The molecule has 0 saturated heterocycles. The highest BCUT2D eigenvalue weighted by molar-refractivity contribution is 5.99. The van der Waals surface area contributed by atoms with Crippen LogP contribution in [-0.4, -0.2) is 5.78 Å². The van der Waals surface area contributed by atoms with Crippen LogP contribution in [0.3, 0.4) is 0 Å². The van der Waals surface area contributed by atoms with Crippen LogP contribution >= 0.6 is 0 Å². The van der Waals surface area contributed by atoms with Gasteiger partial charge in [-0.3, -0.25) is 9.63 Å². The minimum Gasteiger partial charge on any atom is -0.291 e. The lowest BCUT2D eigenvalue weighted by Crippen LogP contribution is -2.19. The summed E-state index contributed by atoms with van der Waals surface area (Å²) >= 11 is 0. The normalized spacial score (nSPS) is 12.1. The first kappa shape index (κ1) is 11.5. The Morgan fingerprint density at radius 1 is 0.941 bits per heavy atom.